The highest BCUT2D eigenvalue weighted by atomic mass is 15.1. The van der Waals surface area contributed by atoms with Crippen LogP contribution in [-0.2, 0) is 6.42 Å². The third-order valence-corrected chi connectivity index (χ3v) is 3.01. The lowest BCUT2D eigenvalue weighted by atomic mass is 9.88. The van der Waals surface area contributed by atoms with Gasteiger partial charge in [0.1, 0.15) is 17.5 Å². The average Bonchev–Trinajstić information content (AvgIpc) is 2.27. The second kappa shape index (κ2) is 5.34. The summed E-state index contributed by atoms with van der Waals surface area (Å²) in [7, 11) is 1.87. The second-order valence-corrected chi connectivity index (χ2v) is 5.39. The Morgan fingerprint density at radius 3 is 2.29 bits per heavy atom. The van der Waals surface area contributed by atoms with Crippen molar-refractivity contribution in [2.75, 3.05) is 17.7 Å². The van der Waals surface area contributed by atoms with E-state index in [0.717, 1.165) is 23.9 Å². The first-order valence-electron chi connectivity index (χ1n) is 6.19. The van der Waals surface area contributed by atoms with Crippen molar-refractivity contribution in [2.24, 2.45) is 5.41 Å². The molecule has 0 aromatic carbocycles. The fraction of sp³-hybridized carbons (Fsp3) is 0.692. The van der Waals surface area contributed by atoms with Crippen LogP contribution < -0.4 is 10.6 Å². The maximum Gasteiger partial charge on any atom is 0.132 e. The van der Waals surface area contributed by atoms with Crippen molar-refractivity contribution in [2.45, 2.75) is 47.1 Å². The molecule has 96 valence electrons. The molecule has 0 amide bonds. The summed E-state index contributed by atoms with van der Waals surface area (Å²) in [6, 6.07) is 2.30. The standard InChI is InChI=1S/C13H24N4/c1-7-10-16-11(14-6)8-12(17-10)15-9(2)13(3,4)5/h8-9H,7H2,1-6H3,(H2,14,15,16,17). The van der Waals surface area contributed by atoms with E-state index < -0.39 is 0 Å². The summed E-state index contributed by atoms with van der Waals surface area (Å²) in [5, 5.41) is 6.50. The van der Waals surface area contributed by atoms with Gasteiger partial charge in [0.05, 0.1) is 0 Å². The minimum absolute atomic E-state index is 0.205. The number of nitrogens with one attached hydrogen (secondary N) is 2. The van der Waals surface area contributed by atoms with Crippen molar-refractivity contribution in [3.8, 4) is 0 Å². The van der Waals surface area contributed by atoms with E-state index in [4.69, 9.17) is 0 Å². The molecular formula is C13H24N4. The van der Waals surface area contributed by atoms with E-state index in [2.05, 4.69) is 55.2 Å². The van der Waals surface area contributed by atoms with Crippen LogP contribution in [0, 0.1) is 5.41 Å². The highest BCUT2D eigenvalue weighted by Gasteiger charge is 2.20. The average molecular weight is 236 g/mol. The van der Waals surface area contributed by atoms with Crippen LogP contribution in [0.25, 0.3) is 0 Å². The Labute approximate surface area is 104 Å². The molecule has 17 heavy (non-hydrogen) atoms. The highest BCUT2D eigenvalue weighted by Crippen LogP contribution is 2.22. The minimum Gasteiger partial charge on any atom is -0.373 e. The molecule has 1 aromatic rings. The summed E-state index contributed by atoms with van der Waals surface area (Å²) < 4.78 is 0. The molecule has 0 aliphatic heterocycles. The molecule has 1 heterocycles. The summed E-state index contributed by atoms with van der Waals surface area (Å²) in [6.45, 7) is 10.9. The summed E-state index contributed by atoms with van der Waals surface area (Å²) in [6.07, 6.45) is 0.841. The Bertz CT molecular complexity index is 346. The fourth-order valence-electron chi connectivity index (χ4n) is 1.30. The lowest BCUT2D eigenvalue weighted by Crippen LogP contribution is -2.31. The molecule has 0 spiro atoms. The van der Waals surface area contributed by atoms with Gasteiger partial charge in [-0.25, -0.2) is 9.97 Å². The number of aromatic nitrogens is 2. The SMILES string of the molecule is CCc1nc(NC)cc(NC(C)C(C)(C)C)n1. The van der Waals surface area contributed by atoms with Crippen molar-refractivity contribution in [3.63, 3.8) is 0 Å². The highest BCUT2D eigenvalue weighted by molar-refractivity contribution is 5.47. The molecule has 0 saturated heterocycles. The van der Waals surface area contributed by atoms with Gasteiger partial charge < -0.3 is 10.6 Å². The molecule has 1 aromatic heterocycles. The third-order valence-electron chi connectivity index (χ3n) is 3.01. The fourth-order valence-corrected chi connectivity index (χ4v) is 1.30. The Hall–Kier alpha value is -1.32. The number of hydrogen-bond acceptors (Lipinski definition) is 4. The number of aryl methyl sites for hydroxylation is 1. The van der Waals surface area contributed by atoms with Crippen LogP contribution in [0.3, 0.4) is 0 Å². The maximum absolute atomic E-state index is 4.49. The molecular weight excluding hydrogens is 212 g/mol. The number of nitrogens with zero attached hydrogens (tertiary/aromatic N) is 2. The first kappa shape index (κ1) is 13.7. The summed E-state index contributed by atoms with van der Waals surface area (Å²) in [4.78, 5) is 8.87. The van der Waals surface area contributed by atoms with Gasteiger partial charge in [-0.3, -0.25) is 0 Å². The van der Waals surface area contributed by atoms with Gasteiger partial charge in [-0.2, -0.15) is 0 Å². The lowest BCUT2D eigenvalue weighted by molar-refractivity contribution is 0.358. The van der Waals surface area contributed by atoms with Gasteiger partial charge >= 0.3 is 0 Å². The van der Waals surface area contributed by atoms with Gasteiger partial charge in [-0.05, 0) is 12.3 Å². The maximum atomic E-state index is 4.49. The molecule has 1 rings (SSSR count). The molecule has 1 atom stereocenters. The topological polar surface area (TPSA) is 49.8 Å². The number of rotatable bonds is 4. The van der Waals surface area contributed by atoms with Crippen LogP contribution in [0.15, 0.2) is 6.07 Å². The molecule has 0 fully saturated rings. The second-order valence-electron chi connectivity index (χ2n) is 5.39. The molecule has 0 radical (unpaired) electrons. The summed E-state index contributed by atoms with van der Waals surface area (Å²) in [5.74, 6) is 2.62. The summed E-state index contributed by atoms with van der Waals surface area (Å²) in [5.41, 5.74) is 0.205. The van der Waals surface area contributed by atoms with E-state index in [-0.39, 0.29) is 5.41 Å². The summed E-state index contributed by atoms with van der Waals surface area (Å²) >= 11 is 0. The minimum atomic E-state index is 0.205. The first-order valence-corrected chi connectivity index (χ1v) is 6.19. The number of anilines is 2. The Morgan fingerprint density at radius 2 is 1.82 bits per heavy atom. The van der Waals surface area contributed by atoms with Crippen molar-refractivity contribution in [1.29, 1.82) is 0 Å². The zero-order valence-electron chi connectivity index (χ0n) is 11.8. The Morgan fingerprint density at radius 1 is 1.24 bits per heavy atom. The van der Waals surface area contributed by atoms with Gasteiger partial charge in [-0.1, -0.05) is 27.7 Å². The Kier molecular flexibility index (Phi) is 4.32. The van der Waals surface area contributed by atoms with Crippen molar-refractivity contribution < 1.29 is 0 Å². The zero-order valence-corrected chi connectivity index (χ0v) is 11.8. The lowest BCUT2D eigenvalue weighted by Gasteiger charge is -2.28. The van der Waals surface area contributed by atoms with E-state index in [0.29, 0.717) is 6.04 Å². The smallest absolute Gasteiger partial charge is 0.132 e. The molecule has 0 bridgehead atoms. The quantitative estimate of drug-likeness (QED) is 0.844. The van der Waals surface area contributed by atoms with E-state index in [1.165, 1.54) is 0 Å². The molecule has 0 aliphatic carbocycles. The van der Waals surface area contributed by atoms with Gasteiger partial charge in [0, 0.05) is 25.6 Å². The Balaban J connectivity index is 2.90. The third kappa shape index (κ3) is 3.88. The molecule has 0 saturated carbocycles. The van der Waals surface area contributed by atoms with Crippen molar-refractivity contribution in [1.82, 2.24) is 9.97 Å². The van der Waals surface area contributed by atoms with Crippen LogP contribution in [0.5, 0.6) is 0 Å². The molecule has 4 nitrogen and oxygen atoms in total. The van der Waals surface area contributed by atoms with E-state index in [9.17, 15) is 0 Å². The molecule has 2 N–H and O–H groups in total. The van der Waals surface area contributed by atoms with Gasteiger partial charge in [0.15, 0.2) is 0 Å². The van der Waals surface area contributed by atoms with Gasteiger partial charge in [-0.15, -0.1) is 0 Å². The van der Waals surface area contributed by atoms with Crippen LogP contribution in [-0.4, -0.2) is 23.1 Å². The van der Waals surface area contributed by atoms with Crippen LogP contribution >= 0.6 is 0 Å². The van der Waals surface area contributed by atoms with E-state index in [1.54, 1.807) is 0 Å². The van der Waals surface area contributed by atoms with Crippen LogP contribution in [0.2, 0.25) is 0 Å². The molecule has 1 unspecified atom stereocenters. The largest absolute Gasteiger partial charge is 0.373 e. The van der Waals surface area contributed by atoms with E-state index >= 15 is 0 Å². The van der Waals surface area contributed by atoms with Gasteiger partial charge in [0.2, 0.25) is 0 Å². The molecule has 0 aliphatic rings. The predicted octanol–water partition coefficient (Wildman–Crippen LogP) is 2.93. The monoisotopic (exact) mass is 236 g/mol. The zero-order chi connectivity index (χ0) is 13.1. The molecule has 4 heteroatoms. The first-order chi connectivity index (χ1) is 7.86. The van der Waals surface area contributed by atoms with Crippen LogP contribution in [0.1, 0.15) is 40.4 Å². The van der Waals surface area contributed by atoms with Crippen LogP contribution in [0.4, 0.5) is 11.6 Å². The predicted molar refractivity (Wildman–Crippen MR) is 73.5 cm³/mol. The van der Waals surface area contributed by atoms with Crippen molar-refractivity contribution >= 4 is 11.6 Å². The normalized spacial score (nSPS) is 13.3. The van der Waals surface area contributed by atoms with E-state index in [1.807, 2.05) is 13.1 Å². The van der Waals surface area contributed by atoms with Crippen molar-refractivity contribution in [3.05, 3.63) is 11.9 Å². The van der Waals surface area contributed by atoms with Gasteiger partial charge in [0.25, 0.3) is 0 Å². The number of hydrogen-bond donors (Lipinski definition) is 2.